The van der Waals surface area contributed by atoms with Crippen molar-refractivity contribution in [3.63, 3.8) is 0 Å². The first-order valence-electron chi connectivity index (χ1n) is 8.30. The number of rotatable bonds is 9. The lowest BCUT2D eigenvalue weighted by Crippen LogP contribution is -2.24. The van der Waals surface area contributed by atoms with Crippen LogP contribution in [0.5, 0.6) is 5.75 Å². The van der Waals surface area contributed by atoms with Gasteiger partial charge < -0.3 is 14.9 Å². The molecule has 0 radical (unpaired) electrons. The van der Waals surface area contributed by atoms with E-state index >= 15 is 0 Å². The number of hydrogen-bond donors (Lipinski definition) is 3. The summed E-state index contributed by atoms with van der Waals surface area (Å²) in [6.07, 6.45) is 1.27. The molecule has 0 aliphatic heterocycles. The molecule has 0 aliphatic carbocycles. The van der Waals surface area contributed by atoms with Gasteiger partial charge in [-0.2, -0.15) is 0 Å². The molecule has 2 rings (SSSR count). The standard InChI is InChI=1S/C19H26N2O3/c1-14(2)16-8-6-15(7-9-16)13-24-17-5-3-10-20-18(17)19(23)21-11-4-12-22/h3,5-10,14,19,21-23H,4,11-13H2,1-2H3/t19-/m1/s1. The van der Waals surface area contributed by atoms with Gasteiger partial charge in [-0.3, -0.25) is 10.3 Å². The molecule has 0 spiro atoms. The highest BCUT2D eigenvalue weighted by Gasteiger charge is 2.14. The molecule has 1 heterocycles. The topological polar surface area (TPSA) is 74.6 Å². The highest BCUT2D eigenvalue weighted by Crippen LogP contribution is 2.22. The van der Waals surface area contributed by atoms with Crippen molar-refractivity contribution in [3.05, 3.63) is 59.4 Å². The van der Waals surface area contributed by atoms with Crippen LogP contribution in [0.4, 0.5) is 0 Å². The summed E-state index contributed by atoms with van der Waals surface area (Å²) < 4.78 is 5.84. The number of aliphatic hydroxyl groups is 2. The molecule has 5 nitrogen and oxygen atoms in total. The molecule has 0 aliphatic rings. The Bertz CT molecular complexity index is 614. The molecule has 1 aromatic carbocycles. The van der Waals surface area contributed by atoms with Gasteiger partial charge in [0.15, 0.2) is 6.23 Å². The third-order valence-electron chi connectivity index (χ3n) is 3.77. The van der Waals surface area contributed by atoms with Crippen LogP contribution < -0.4 is 10.1 Å². The SMILES string of the molecule is CC(C)c1ccc(COc2cccnc2[C@@H](O)NCCCO)cc1. The molecule has 0 bridgehead atoms. The number of nitrogens with one attached hydrogen (secondary N) is 1. The summed E-state index contributed by atoms with van der Waals surface area (Å²) in [6, 6.07) is 11.9. The molecule has 3 N–H and O–H groups in total. The van der Waals surface area contributed by atoms with Gasteiger partial charge in [0.1, 0.15) is 18.1 Å². The van der Waals surface area contributed by atoms with Crippen molar-refractivity contribution in [2.45, 2.75) is 39.0 Å². The predicted molar refractivity (Wildman–Crippen MR) is 93.8 cm³/mol. The summed E-state index contributed by atoms with van der Waals surface area (Å²) in [5.74, 6) is 1.06. The average Bonchev–Trinajstić information content (AvgIpc) is 2.60. The Morgan fingerprint density at radius 3 is 2.58 bits per heavy atom. The Morgan fingerprint density at radius 1 is 1.17 bits per heavy atom. The van der Waals surface area contributed by atoms with E-state index in [0.29, 0.717) is 36.9 Å². The molecule has 5 heteroatoms. The van der Waals surface area contributed by atoms with E-state index in [9.17, 15) is 5.11 Å². The molecular formula is C19H26N2O3. The van der Waals surface area contributed by atoms with Crippen LogP contribution in [0.15, 0.2) is 42.6 Å². The molecule has 2 aromatic rings. The second-order valence-electron chi connectivity index (χ2n) is 6.01. The van der Waals surface area contributed by atoms with Gasteiger partial charge in [0, 0.05) is 19.3 Å². The lowest BCUT2D eigenvalue weighted by atomic mass is 10.0. The van der Waals surface area contributed by atoms with Crippen molar-refractivity contribution < 1.29 is 14.9 Å². The maximum Gasteiger partial charge on any atom is 0.151 e. The van der Waals surface area contributed by atoms with Crippen LogP contribution in [0.2, 0.25) is 0 Å². The smallest absolute Gasteiger partial charge is 0.151 e. The second kappa shape index (κ2) is 9.37. The number of benzene rings is 1. The molecule has 0 saturated carbocycles. The summed E-state index contributed by atoms with van der Waals surface area (Å²) in [4.78, 5) is 4.21. The molecule has 130 valence electrons. The predicted octanol–water partition coefficient (Wildman–Crippen LogP) is 2.75. The Kier molecular flexibility index (Phi) is 7.18. The molecule has 0 amide bonds. The molecule has 1 atom stereocenters. The van der Waals surface area contributed by atoms with Crippen LogP contribution in [0.25, 0.3) is 0 Å². The highest BCUT2D eigenvalue weighted by atomic mass is 16.5. The number of aromatic nitrogens is 1. The van der Waals surface area contributed by atoms with E-state index < -0.39 is 6.23 Å². The van der Waals surface area contributed by atoms with Crippen LogP contribution >= 0.6 is 0 Å². The quantitative estimate of drug-likeness (QED) is 0.487. The van der Waals surface area contributed by atoms with E-state index in [1.807, 2.05) is 0 Å². The van der Waals surface area contributed by atoms with Gasteiger partial charge in [-0.05, 0) is 35.6 Å². The summed E-state index contributed by atoms with van der Waals surface area (Å²) >= 11 is 0. The Balaban J connectivity index is 1.99. The van der Waals surface area contributed by atoms with Crippen molar-refractivity contribution in [1.29, 1.82) is 0 Å². The zero-order valence-electron chi connectivity index (χ0n) is 14.3. The molecule has 0 saturated heterocycles. The molecule has 24 heavy (non-hydrogen) atoms. The van der Waals surface area contributed by atoms with Crippen LogP contribution in [-0.2, 0) is 6.61 Å². The van der Waals surface area contributed by atoms with E-state index in [1.165, 1.54) is 5.56 Å². The Labute approximate surface area is 143 Å². The van der Waals surface area contributed by atoms with Gasteiger partial charge in [0.2, 0.25) is 0 Å². The number of hydrogen-bond acceptors (Lipinski definition) is 5. The maximum atomic E-state index is 10.2. The van der Waals surface area contributed by atoms with Gasteiger partial charge in [-0.1, -0.05) is 38.1 Å². The van der Waals surface area contributed by atoms with Gasteiger partial charge in [-0.25, -0.2) is 0 Å². The largest absolute Gasteiger partial charge is 0.487 e. The van der Waals surface area contributed by atoms with Crippen LogP contribution in [0.3, 0.4) is 0 Å². The Hall–Kier alpha value is -1.95. The summed E-state index contributed by atoms with van der Waals surface area (Å²) in [6.45, 7) is 5.33. The molecular weight excluding hydrogens is 304 g/mol. The normalized spacial score (nSPS) is 12.4. The third kappa shape index (κ3) is 5.30. The first-order valence-corrected chi connectivity index (χ1v) is 8.30. The van der Waals surface area contributed by atoms with Crippen molar-refractivity contribution >= 4 is 0 Å². The third-order valence-corrected chi connectivity index (χ3v) is 3.77. The van der Waals surface area contributed by atoms with Crippen LogP contribution in [-0.4, -0.2) is 28.3 Å². The fraction of sp³-hybridized carbons (Fsp3) is 0.421. The van der Waals surface area contributed by atoms with Crippen molar-refractivity contribution in [2.75, 3.05) is 13.2 Å². The monoisotopic (exact) mass is 330 g/mol. The average molecular weight is 330 g/mol. The zero-order valence-corrected chi connectivity index (χ0v) is 14.3. The summed E-state index contributed by atoms with van der Waals surface area (Å²) in [5.41, 5.74) is 2.82. The summed E-state index contributed by atoms with van der Waals surface area (Å²) in [7, 11) is 0. The fourth-order valence-corrected chi connectivity index (χ4v) is 2.30. The highest BCUT2D eigenvalue weighted by molar-refractivity contribution is 5.29. The van der Waals surface area contributed by atoms with Gasteiger partial charge in [0.05, 0.1) is 0 Å². The van der Waals surface area contributed by atoms with Gasteiger partial charge >= 0.3 is 0 Å². The van der Waals surface area contributed by atoms with Crippen LogP contribution in [0, 0.1) is 0 Å². The number of pyridine rings is 1. The minimum absolute atomic E-state index is 0.0810. The summed E-state index contributed by atoms with van der Waals surface area (Å²) in [5, 5.41) is 21.9. The fourth-order valence-electron chi connectivity index (χ4n) is 2.30. The lowest BCUT2D eigenvalue weighted by molar-refractivity contribution is 0.125. The van der Waals surface area contributed by atoms with Gasteiger partial charge in [-0.15, -0.1) is 0 Å². The number of aliphatic hydroxyl groups excluding tert-OH is 2. The van der Waals surface area contributed by atoms with Gasteiger partial charge in [0.25, 0.3) is 0 Å². The van der Waals surface area contributed by atoms with E-state index in [2.05, 4.69) is 48.4 Å². The second-order valence-corrected chi connectivity index (χ2v) is 6.01. The lowest BCUT2D eigenvalue weighted by Gasteiger charge is -2.16. The minimum Gasteiger partial charge on any atom is -0.487 e. The van der Waals surface area contributed by atoms with E-state index in [0.717, 1.165) is 5.56 Å². The number of ether oxygens (including phenoxy) is 1. The van der Waals surface area contributed by atoms with Crippen molar-refractivity contribution in [1.82, 2.24) is 10.3 Å². The van der Waals surface area contributed by atoms with E-state index in [4.69, 9.17) is 9.84 Å². The van der Waals surface area contributed by atoms with Crippen molar-refractivity contribution in [2.24, 2.45) is 0 Å². The van der Waals surface area contributed by atoms with Crippen LogP contribution in [0.1, 0.15) is 49.2 Å². The maximum absolute atomic E-state index is 10.2. The minimum atomic E-state index is -0.920. The first-order chi connectivity index (χ1) is 11.6. The first kappa shape index (κ1) is 18.4. The zero-order chi connectivity index (χ0) is 17.4. The van der Waals surface area contributed by atoms with E-state index in [1.54, 1.807) is 18.3 Å². The van der Waals surface area contributed by atoms with E-state index in [-0.39, 0.29) is 6.61 Å². The molecule has 1 aromatic heterocycles. The number of nitrogens with zero attached hydrogens (tertiary/aromatic N) is 1. The Morgan fingerprint density at radius 2 is 1.92 bits per heavy atom. The van der Waals surface area contributed by atoms with Crippen molar-refractivity contribution in [3.8, 4) is 5.75 Å². The molecule has 0 fully saturated rings. The molecule has 0 unspecified atom stereocenters.